The minimum absolute atomic E-state index is 0.544. The number of carboxylic acid groups (broad SMARTS) is 1. The Balaban J connectivity index is 3.86. The smallest absolute Gasteiger partial charge is 0.328 e. The highest BCUT2D eigenvalue weighted by Gasteiger charge is 1.86. The lowest BCUT2D eigenvalue weighted by Crippen LogP contribution is -1.85. The Hall–Kier alpha value is -1.12. The highest BCUT2D eigenvalue weighted by atomic mass is 19.1. The molecule has 0 aliphatic rings. The summed E-state index contributed by atoms with van der Waals surface area (Å²) >= 11 is 0. The molecular formula is C6H7FO2. The first-order chi connectivity index (χ1) is 4.16. The van der Waals surface area contributed by atoms with Crippen LogP contribution in [0.4, 0.5) is 4.39 Å². The van der Waals surface area contributed by atoms with E-state index in [2.05, 4.69) is 0 Å². The molecule has 0 spiro atoms. The summed E-state index contributed by atoms with van der Waals surface area (Å²) in [6.45, 7) is 1.49. The summed E-state index contributed by atoms with van der Waals surface area (Å²) in [6, 6.07) is 0. The summed E-state index contributed by atoms with van der Waals surface area (Å²) in [5, 5.41) is 7.98. The molecule has 0 aromatic heterocycles. The molecule has 1 N–H and O–H groups in total. The number of carbonyl (C=O) groups is 1. The predicted molar refractivity (Wildman–Crippen MR) is 31.6 cm³/mol. The van der Waals surface area contributed by atoms with E-state index in [9.17, 15) is 9.18 Å². The maximum Gasteiger partial charge on any atom is 0.328 e. The molecule has 0 fully saturated rings. The zero-order chi connectivity index (χ0) is 7.28. The normalized spacial score (nSPS) is 12.4. The summed E-state index contributed by atoms with van der Waals surface area (Å²) in [6.07, 6.45) is 2.82. The van der Waals surface area contributed by atoms with Crippen LogP contribution in [0.25, 0.3) is 0 Å². The van der Waals surface area contributed by atoms with Crippen molar-refractivity contribution in [2.75, 3.05) is 0 Å². The van der Waals surface area contributed by atoms with E-state index in [4.69, 9.17) is 5.11 Å². The van der Waals surface area contributed by atoms with Crippen molar-refractivity contribution in [1.29, 1.82) is 0 Å². The van der Waals surface area contributed by atoms with Gasteiger partial charge in [-0.05, 0) is 13.0 Å². The van der Waals surface area contributed by atoms with Gasteiger partial charge in [0, 0.05) is 6.08 Å². The summed E-state index contributed by atoms with van der Waals surface area (Å²) in [5.41, 5.74) is 0. The Morgan fingerprint density at radius 1 is 1.56 bits per heavy atom. The van der Waals surface area contributed by atoms with Crippen LogP contribution in [0.1, 0.15) is 6.92 Å². The minimum atomic E-state index is -1.15. The van der Waals surface area contributed by atoms with Crippen molar-refractivity contribution in [1.82, 2.24) is 0 Å². The third-order valence-corrected chi connectivity index (χ3v) is 0.661. The molecule has 0 aliphatic heterocycles. The van der Waals surface area contributed by atoms with E-state index >= 15 is 0 Å². The van der Waals surface area contributed by atoms with E-state index in [0.29, 0.717) is 0 Å². The minimum Gasteiger partial charge on any atom is -0.478 e. The Morgan fingerprint density at radius 2 is 2.11 bits per heavy atom. The molecule has 0 amide bonds. The molecule has 0 bridgehead atoms. The lowest BCUT2D eigenvalue weighted by atomic mass is 10.4. The van der Waals surface area contributed by atoms with E-state index in [1.54, 1.807) is 0 Å². The van der Waals surface area contributed by atoms with Gasteiger partial charge in [-0.2, -0.15) is 0 Å². The molecule has 0 aromatic rings. The SMILES string of the molecule is C/C=C(F)/C=C/C(=O)O. The van der Waals surface area contributed by atoms with Gasteiger partial charge < -0.3 is 5.11 Å². The fourth-order valence-electron chi connectivity index (χ4n) is 0.247. The maximum atomic E-state index is 12.0. The van der Waals surface area contributed by atoms with Crippen LogP contribution < -0.4 is 0 Å². The van der Waals surface area contributed by atoms with Gasteiger partial charge in [0.2, 0.25) is 0 Å². The molecule has 0 unspecified atom stereocenters. The molecule has 0 saturated heterocycles. The molecule has 3 heteroatoms. The summed E-state index contributed by atoms with van der Waals surface area (Å²) in [5.74, 6) is -1.69. The molecule has 0 atom stereocenters. The molecule has 0 aromatic carbocycles. The zero-order valence-electron chi connectivity index (χ0n) is 4.97. The lowest BCUT2D eigenvalue weighted by molar-refractivity contribution is -0.131. The quantitative estimate of drug-likeness (QED) is 0.454. The van der Waals surface area contributed by atoms with Crippen LogP contribution in [-0.4, -0.2) is 11.1 Å². The van der Waals surface area contributed by atoms with Crippen molar-refractivity contribution in [2.24, 2.45) is 0 Å². The van der Waals surface area contributed by atoms with Crippen LogP contribution in [0, 0.1) is 0 Å². The van der Waals surface area contributed by atoms with Crippen molar-refractivity contribution < 1.29 is 14.3 Å². The number of halogens is 1. The fraction of sp³-hybridized carbons (Fsp3) is 0.167. The van der Waals surface area contributed by atoms with E-state index in [1.807, 2.05) is 0 Å². The first-order valence-electron chi connectivity index (χ1n) is 2.39. The van der Waals surface area contributed by atoms with Gasteiger partial charge in [-0.25, -0.2) is 9.18 Å². The van der Waals surface area contributed by atoms with Crippen molar-refractivity contribution in [3.8, 4) is 0 Å². The van der Waals surface area contributed by atoms with Gasteiger partial charge >= 0.3 is 5.97 Å². The second-order valence-electron chi connectivity index (χ2n) is 1.35. The molecule has 0 radical (unpaired) electrons. The highest BCUT2D eigenvalue weighted by molar-refractivity contribution is 5.80. The van der Waals surface area contributed by atoms with Gasteiger partial charge in [-0.3, -0.25) is 0 Å². The summed E-state index contributed by atoms with van der Waals surface area (Å²) < 4.78 is 12.0. The zero-order valence-corrected chi connectivity index (χ0v) is 4.97. The Kier molecular flexibility index (Phi) is 3.35. The highest BCUT2D eigenvalue weighted by Crippen LogP contribution is 1.95. The molecular weight excluding hydrogens is 123 g/mol. The molecule has 50 valence electrons. The van der Waals surface area contributed by atoms with E-state index in [-0.39, 0.29) is 0 Å². The lowest BCUT2D eigenvalue weighted by Gasteiger charge is -1.79. The Bertz CT molecular complexity index is 158. The van der Waals surface area contributed by atoms with Crippen molar-refractivity contribution in [3.63, 3.8) is 0 Å². The first kappa shape index (κ1) is 7.88. The number of carboxylic acids is 1. The fourth-order valence-corrected chi connectivity index (χ4v) is 0.247. The molecule has 2 nitrogen and oxygen atoms in total. The van der Waals surface area contributed by atoms with Crippen LogP contribution in [0.3, 0.4) is 0 Å². The second kappa shape index (κ2) is 3.83. The molecule has 9 heavy (non-hydrogen) atoms. The van der Waals surface area contributed by atoms with Crippen molar-refractivity contribution >= 4 is 5.97 Å². The number of allylic oxidation sites excluding steroid dienone is 3. The summed E-state index contributed by atoms with van der Waals surface area (Å²) in [4.78, 5) is 9.74. The number of aliphatic carboxylic acids is 1. The number of rotatable bonds is 2. The number of hydrogen-bond acceptors (Lipinski definition) is 1. The molecule has 0 aliphatic carbocycles. The third kappa shape index (κ3) is 4.74. The maximum absolute atomic E-state index is 12.0. The van der Waals surface area contributed by atoms with Crippen LogP contribution in [0.15, 0.2) is 24.1 Å². The average Bonchev–Trinajstić information content (AvgIpc) is 1.83. The van der Waals surface area contributed by atoms with E-state index in [0.717, 1.165) is 12.2 Å². The topological polar surface area (TPSA) is 37.3 Å². The van der Waals surface area contributed by atoms with Crippen LogP contribution in [0.2, 0.25) is 0 Å². The van der Waals surface area contributed by atoms with Gasteiger partial charge in [-0.1, -0.05) is 6.08 Å². The van der Waals surface area contributed by atoms with Crippen LogP contribution in [0.5, 0.6) is 0 Å². The van der Waals surface area contributed by atoms with Gasteiger partial charge in [0.05, 0.1) is 0 Å². The largest absolute Gasteiger partial charge is 0.478 e. The van der Waals surface area contributed by atoms with Gasteiger partial charge in [0.1, 0.15) is 5.83 Å². The van der Waals surface area contributed by atoms with Gasteiger partial charge in [0.25, 0.3) is 0 Å². The predicted octanol–water partition coefficient (Wildman–Crippen LogP) is 1.50. The van der Waals surface area contributed by atoms with E-state index in [1.165, 1.54) is 13.0 Å². The Morgan fingerprint density at radius 3 is 2.44 bits per heavy atom. The third-order valence-electron chi connectivity index (χ3n) is 0.661. The van der Waals surface area contributed by atoms with Gasteiger partial charge in [0.15, 0.2) is 0 Å². The monoisotopic (exact) mass is 130 g/mol. The van der Waals surface area contributed by atoms with Crippen LogP contribution >= 0.6 is 0 Å². The standard InChI is InChI=1S/C6H7FO2/c1-2-5(7)3-4-6(8)9/h2-4H,1H3,(H,8,9)/b4-3+,5-2-. The van der Waals surface area contributed by atoms with E-state index < -0.39 is 11.8 Å². The first-order valence-corrected chi connectivity index (χ1v) is 2.39. The second-order valence-corrected chi connectivity index (χ2v) is 1.35. The molecule has 0 saturated carbocycles. The molecule has 0 heterocycles. The Labute approximate surface area is 52.3 Å². The van der Waals surface area contributed by atoms with Crippen molar-refractivity contribution in [3.05, 3.63) is 24.1 Å². The molecule has 0 rings (SSSR count). The van der Waals surface area contributed by atoms with Gasteiger partial charge in [-0.15, -0.1) is 0 Å². The summed E-state index contributed by atoms with van der Waals surface area (Å²) in [7, 11) is 0. The van der Waals surface area contributed by atoms with Crippen LogP contribution in [-0.2, 0) is 4.79 Å². The average molecular weight is 130 g/mol. The van der Waals surface area contributed by atoms with Crippen molar-refractivity contribution in [2.45, 2.75) is 6.92 Å². The number of hydrogen-bond donors (Lipinski definition) is 1.